The molecule has 104 valence electrons. The molecule has 0 spiro atoms. The largest absolute Gasteiger partial charge is 0.384 e. The molecule has 1 aromatic carbocycles. The van der Waals surface area contributed by atoms with Gasteiger partial charge in [-0.2, -0.15) is 0 Å². The number of aryl methyl sites for hydroxylation is 2. The average molecular weight is 269 g/mol. The van der Waals surface area contributed by atoms with Gasteiger partial charge >= 0.3 is 0 Å². The monoisotopic (exact) mass is 269 g/mol. The van der Waals surface area contributed by atoms with Crippen molar-refractivity contribution in [1.29, 1.82) is 0 Å². The van der Waals surface area contributed by atoms with E-state index >= 15 is 0 Å². The van der Waals surface area contributed by atoms with Gasteiger partial charge < -0.3 is 10.6 Å². The maximum atomic E-state index is 12.4. The first-order chi connectivity index (χ1) is 9.47. The van der Waals surface area contributed by atoms with Crippen LogP contribution in [0.5, 0.6) is 0 Å². The van der Waals surface area contributed by atoms with E-state index in [0.29, 0.717) is 17.9 Å². The van der Waals surface area contributed by atoms with Crippen molar-refractivity contribution < 1.29 is 4.79 Å². The maximum absolute atomic E-state index is 12.4. The lowest BCUT2D eigenvalue weighted by Gasteiger charge is -2.19. The van der Waals surface area contributed by atoms with Crippen molar-refractivity contribution in [3.8, 4) is 0 Å². The van der Waals surface area contributed by atoms with Crippen molar-refractivity contribution in [2.24, 2.45) is 0 Å². The number of carbonyl (C=O) groups is 1. The Kier molecular flexibility index (Phi) is 4.03. The molecule has 2 aromatic rings. The van der Waals surface area contributed by atoms with Crippen LogP contribution in [-0.4, -0.2) is 22.8 Å². The number of aromatic nitrogens is 1. The normalized spacial score (nSPS) is 10.3. The van der Waals surface area contributed by atoms with E-state index in [2.05, 4.69) is 4.98 Å². The number of benzene rings is 1. The number of hydrogen-bond acceptors (Lipinski definition) is 3. The summed E-state index contributed by atoms with van der Waals surface area (Å²) in [6.07, 6.45) is 0. The minimum Gasteiger partial charge on any atom is -0.384 e. The molecule has 0 bridgehead atoms. The van der Waals surface area contributed by atoms with E-state index in [4.69, 9.17) is 5.73 Å². The second kappa shape index (κ2) is 5.74. The summed E-state index contributed by atoms with van der Waals surface area (Å²) in [5.74, 6) is 0.322. The van der Waals surface area contributed by atoms with Gasteiger partial charge in [-0.25, -0.2) is 4.98 Å². The van der Waals surface area contributed by atoms with Crippen molar-refractivity contribution in [3.05, 3.63) is 58.8 Å². The number of rotatable bonds is 3. The Bertz CT molecular complexity index is 617. The van der Waals surface area contributed by atoms with Crippen LogP contribution in [0.4, 0.5) is 5.82 Å². The van der Waals surface area contributed by atoms with Crippen LogP contribution in [0.15, 0.2) is 36.4 Å². The van der Waals surface area contributed by atoms with Crippen LogP contribution in [0.3, 0.4) is 0 Å². The van der Waals surface area contributed by atoms with E-state index in [1.54, 1.807) is 24.1 Å². The van der Waals surface area contributed by atoms with Crippen LogP contribution >= 0.6 is 0 Å². The van der Waals surface area contributed by atoms with Gasteiger partial charge in [0.25, 0.3) is 5.91 Å². The molecule has 0 saturated carbocycles. The summed E-state index contributed by atoms with van der Waals surface area (Å²) in [5, 5.41) is 0. The zero-order valence-electron chi connectivity index (χ0n) is 12.1. The Morgan fingerprint density at radius 3 is 2.60 bits per heavy atom. The molecule has 0 radical (unpaired) electrons. The second-order valence-electron chi connectivity index (χ2n) is 5.01. The van der Waals surface area contributed by atoms with E-state index in [-0.39, 0.29) is 5.91 Å². The summed E-state index contributed by atoms with van der Waals surface area (Å²) >= 11 is 0. The number of pyridine rings is 1. The van der Waals surface area contributed by atoms with Crippen LogP contribution in [0, 0.1) is 13.8 Å². The first-order valence-corrected chi connectivity index (χ1v) is 6.51. The molecule has 1 heterocycles. The minimum atomic E-state index is -0.0505. The van der Waals surface area contributed by atoms with E-state index in [1.165, 1.54) is 5.56 Å². The fourth-order valence-electron chi connectivity index (χ4n) is 2.15. The summed E-state index contributed by atoms with van der Waals surface area (Å²) in [7, 11) is 1.79. The van der Waals surface area contributed by atoms with E-state index in [1.807, 2.05) is 38.1 Å². The SMILES string of the molecule is Cc1cc(C(=O)N(C)Cc2ccccc2C)cc(N)n1. The van der Waals surface area contributed by atoms with Gasteiger partial charge in [0.05, 0.1) is 0 Å². The summed E-state index contributed by atoms with van der Waals surface area (Å²) in [4.78, 5) is 18.2. The zero-order chi connectivity index (χ0) is 14.7. The van der Waals surface area contributed by atoms with Gasteiger partial charge in [-0.1, -0.05) is 24.3 Å². The van der Waals surface area contributed by atoms with Gasteiger partial charge in [-0.15, -0.1) is 0 Å². The predicted octanol–water partition coefficient (Wildman–Crippen LogP) is 2.55. The number of carbonyl (C=O) groups excluding carboxylic acids is 1. The molecule has 0 unspecified atom stereocenters. The van der Waals surface area contributed by atoms with Gasteiger partial charge in [0.1, 0.15) is 5.82 Å². The van der Waals surface area contributed by atoms with Crippen molar-refractivity contribution in [3.63, 3.8) is 0 Å². The quantitative estimate of drug-likeness (QED) is 0.931. The molecule has 0 fully saturated rings. The zero-order valence-corrected chi connectivity index (χ0v) is 12.1. The molecule has 20 heavy (non-hydrogen) atoms. The Balaban J connectivity index is 2.18. The lowest BCUT2D eigenvalue weighted by atomic mass is 10.1. The molecule has 1 amide bonds. The summed E-state index contributed by atoms with van der Waals surface area (Å²) in [5.41, 5.74) is 9.33. The first kappa shape index (κ1) is 14.1. The third kappa shape index (κ3) is 3.15. The van der Waals surface area contributed by atoms with Gasteiger partial charge in [-0.3, -0.25) is 4.79 Å². The molecule has 4 nitrogen and oxygen atoms in total. The lowest BCUT2D eigenvalue weighted by molar-refractivity contribution is 0.0784. The number of hydrogen-bond donors (Lipinski definition) is 1. The highest BCUT2D eigenvalue weighted by atomic mass is 16.2. The number of anilines is 1. The molecule has 0 atom stereocenters. The number of amides is 1. The minimum absolute atomic E-state index is 0.0505. The van der Waals surface area contributed by atoms with Crippen LogP contribution in [0.2, 0.25) is 0 Å². The van der Waals surface area contributed by atoms with Gasteiger partial charge in [-0.05, 0) is 37.1 Å². The Morgan fingerprint density at radius 1 is 1.25 bits per heavy atom. The average Bonchev–Trinajstić information content (AvgIpc) is 2.39. The van der Waals surface area contributed by atoms with Crippen LogP contribution < -0.4 is 5.73 Å². The molecular weight excluding hydrogens is 250 g/mol. The van der Waals surface area contributed by atoms with E-state index < -0.39 is 0 Å². The summed E-state index contributed by atoms with van der Waals surface area (Å²) in [6, 6.07) is 11.4. The number of nitrogens with zero attached hydrogens (tertiary/aromatic N) is 2. The molecule has 0 aliphatic rings. The Morgan fingerprint density at radius 2 is 1.95 bits per heavy atom. The molecule has 0 saturated heterocycles. The van der Waals surface area contributed by atoms with Crippen molar-refractivity contribution >= 4 is 11.7 Å². The highest BCUT2D eigenvalue weighted by molar-refractivity contribution is 5.94. The molecule has 2 rings (SSSR count). The second-order valence-corrected chi connectivity index (χ2v) is 5.01. The fraction of sp³-hybridized carbons (Fsp3) is 0.250. The Labute approximate surface area is 119 Å². The number of nitrogens with two attached hydrogens (primary N) is 1. The summed E-state index contributed by atoms with van der Waals surface area (Å²) in [6.45, 7) is 4.45. The highest BCUT2D eigenvalue weighted by Crippen LogP contribution is 2.14. The van der Waals surface area contributed by atoms with E-state index in [0.717, 1.165) is 11.3 Å². The third-order valence-corrected chi connectivity index (χ3v) is 3.24. The first-order valence-electron chi connectivity index (χ1n) is 6.51. The van der Waals surface area contributed by atoms with Crippen LogP contribution in [-0.2, 0) is 6.54 Å². The van der Waals surface area contributed by atoms with Gasteiger partial charge in [0.15, 0.2) is 0 Å². The van der Waals surface area contributed by atoms with Crippen molar-refractivity contribution in [2.45, 2.75) is 20.4 Å². The van der Waals surface area contributed by atoms with Crippen LogP contribution in [0.1, 0.15) is 27.2 Å². The van der Waals surface area contributed by atoms with Crippen molar-refractivity contribution in [2.75, 3.05) is 12.8 Å². The van der Waals surface area contributed by atoms with Gasteiger partial charge in [0.2, 0.25) is 0 Å². The highest BCUT2D eigenvalue weighted by Gasteiger charge is 2.14. The summed E-state index contributed by atoms with van der Waals surface area (Å²) < 4.78 is 0. The smallest absolute Gasteiger partial charge is 0.254 e. The predicted molar refractivity (Wildman–Crippen MR) is 80.4 cm³/mol. The fourth-order valence-corrected chi connectivity index (χ4v) is 2.15. The van der Waals surface area contributed by atoms with E-state index in [9.17, 15) is 4.79 Å². The third-order valence-electron chi connectivity index (χ3n) is 3.24. The Hall–Kier alpha value is -2.36. The molecule has 4 heteroatoms. The molecule has 0 aliphatic heterocycles. The molecule has 1 aromatic heterocycles. The molecular formula is C16H19N3O. The number of nitrogen functional groups attached to an aromatic ring is 1. The van der Waals surface area contributed by atoms with Crippen LogP contribution in [0.25, 0.3) is 0 Å². The topological polar surface area (TPSA) is 59.2 Å². The molecule has 0 aliphatic carbocycles. The van der Waals surface area contributed by atoms with Gasteiger partial charge in [0, 0.05) is 24.8 Å². The van der Waals surface area contributed by atoms with Crippen molar-refractivity contribution in [1.82, 2.24) is 9.88 Å². The maximum Gasteiger partial charge on any atom is 0.254 e. The lowest BCUT2D eigenvalue weighted by Crippen LogP contribution is -2.26. The molecule has 2 N–H and O–H groups in total. The standard InChI is InChI=1S/C16H19N3O/c1-11-6-4-5-7-13(11)10-19(3)16(20)14-8-12(2)18-15(17)9-14/h4-9H,10H2,1-3H3,(H2,17,18).